The van der Waals surface area contributed by atoms with E-state index >= 15 is 0 Å². The topological polar surface area (TPSA) is 53.6 Å². The van der Waals surface area contributed by atoms with Gasteiger partial charge in [-0.05, 0) is 12.1 Å². The van der Waals surface area contributed by atoms with Gasteiger partial charge in [-0.25, -0.2) is 9.97 Å². The van der Waals surface area contributed by atoms with Crippen LogP contribution < -0.4 is 5.32 Å². The minimum atomic E-state index is -4.42. The Labute approximate surface area is 94.9 Å². The highest BCUT2D eigenvalue weighted by Gasteiger charge is 2.33. The summed E-state index contributed by atoms with van der Waals surface area (Å²) in [5, 5.41) is 2.60. The quantitative estimate of drug-likeness (QED) is 0.869. The van der Waals surface area contributed by atoms with Gasteiger partial charge in [0.2, 0.25) is 0 Å². The Bertz CT molecular complexity index is 479. The van der Waals surface area contributed by atoms with Gasteiger partial charge in [0.15, 0.2) is 0 Å². The number of imidazole rings is 1. The first-order valence-electron chi connectivity index (χ1n) is 4.82. The number of aromatic amines is 1. The van der Waals surface area contributed by atoms with Crippen molar-refractivity contribution in [1.29, 1.82) is 0 Å². The van der Waals surface area contributed by atoms with Gasteiger partial charge in [-0.3, -0.25) is 0 Å². The van der Waals surface area contributed by atoms with Crippen LogP contribution in [-0.2, 0) is 12.7 Å². The van der Waals surface area contributed by atoms with Gasteiger partial charge < -0.3 is 10.3 Å². The minimum absolute atomic E-state index is 0.160. The fourth-order valence-corrected chi connectivity index (χ4v) is 1.34. The molecule has 0 saturated heterocycles. The number of hydrogen-bond acceptors (Lipinski definition) is 3. The van der Waals surface area contributed by atoms with Crippen molar-refractivity contribution >= 4 is 5.82 Å². The number of halogens is 3. The van der Waals surface area contributed by atoms with Crippen LogP contribution in [0.4, 0.5) is 19.0 Å². The minimum Gasteiger partial charge on any atom is -0.362 e. The number of pyridine rings is 1. The van der Waals surface area contributed by atoms with Gasteiger partial charge in [0.1, 0.15) is 11.6 Å². The maximum Gasteiger partial charge on any atom is 0.419 e. The molecule has 0 amide bonds. The zero-order valence-corrected chi connectivity index (χ0v) is 8.62. The van der Waals surface area contributed by atoms with E-state index in [2.05, 4.69) is 20.3 Å². The molecule has 4 nitrogen and oxygen atoms in total. The first-order chi connectivity index (χ1) is 8.07. The number of alkyl halides is 3. The summed E-state index contributed by atoms with van der Waals surface area (Å²) in [5.41, 5.74) is -0.786. The smallest absolute Gasteiger partial charge is 0.362 e. The summed E-state index contributed by atoms with van der Waals surface area (Å²) in [6.07, 6.45) is 0.0136. The average Bonchev–Trinajstić information content (AvgIpc) is 2.78. The highest BCUT2D eigenvalue weighted by molar-refractivity contribution is 5.45. The Balaban J connectivity index is 2.16. The van der Waals surface area contributed by atoms with Crippen molar-refractivity contribution in [1.82, 2.24) is 15.0 Å². The van der Waals surface area contributed by atoms with E-state index in [1.165, 1.54) is 18.5 Å². The number of rotatable bonds is 3. The zero-order chi connectivity index (χ0) is 12.3. The Hall–Kier alpha value is -2.05. The fourth-order valence-electron chi connectivity index (χ4n) is 1.34. The van der Waals surface area contributed by atoms with E-state index in [1.807, 2.05) is 0 Å². The van der Waals surface area contributed by atoms with Crippen molar-refractivity contribution in [3.05, 3.63) is 42.1 Å². The van der Waals surface area contributed by atoms with Crippen LogP contribution in [0.1, 0.15) is 11.4 Å². The molecular weight excluding hydrogens is 233 g/mol. The predicted molar refractivity (Wildman–Crippen MR) is 55.2 cm³/mol. The third kappa shape index (κ3) is 2.74. The summed E-state index contributed by atoms with van der Waals surface area (Å²) in [6.45, 7) is 0.160. The molecule has 0 spiro atoms. The first kappa shape index (κ1) is 11.4. The molecule has 0 unspecified atom stereocenters. The molecule has 0 aliphatic heterocycles. The lowest BCUT2D eigenvalue weighted by molar-refractivity contribution is -0.137. The van der Waals surface area contributed by atoms with Gasteiger partial charge in [0.05, 0.1) is 12.1 Å². The van der Waals surface area contributed by atoms with Crippen LogP contribution in [-0.4, -0.2) is 15.0 Å². The molecule has 2 heterocycles. The molecular formula is C10H9F3N4. The average molecular weight is 242 g/mol. The molecule has 0 fully saturated rings. The van der Waals surface area contributed by atoms with Gasteiger partial charge in [-0.1, -0.05) is 0 Å². The predicted octanol–water partition coefficient (Wildman–Crippen LogP) is 2.44. The molecule has 7 heteroatoms. The molecule has 90 valence electrons. The molecule has 2 rings (SSSR count). The Morgan fingerprint density at radius 2 is 2.06 bits per heavy atom. The van der Waals surface area contributed by atoms with E-state index < -0.39 is 11.7 Å². The largest absolute Gasteiger partial charge is 0.419 e. The van der Waals surface area contributed by atoms with E-state index in [0.29, 0.717) is 5.82 Å². The second-order valence-corrected chi connectivity index (χ2v) is 3.29. The van der Waals surface area contributed by atoms with Gasteiger partial charge in [0.25, 0.3) is 0 Å². The van der Waals surface area contributed by atoms with Crippen molar-refractivity contribution in [3.63, 3.8) is 0 Å². The molecule has 17 heavy (non-hydrogen) atoms. The van der Waals surface area contributed by atoms with Gasteiger partial charge in [-0.2, -0.15) is 13.2 Å². The summed E-state index contributed by atoms with van der Waals surface area (Å²) in [5.74, 6) is 0.347. The standard InChI is InChI=1S/C10H9F3N4/c11-10(12,13)7-2-1-3-16-9(7)17-6-8-14-4-5-15-8/h1-5H,6H2,(H,14,15)(H,16,17). The van der Waals surface area contributed by atoms with Crippen molar-refractivity contribution in [2.45, 2.75) is 12.7 Å². The number of aromatic nitrogens is 3. The third-order valence-electron chi connectivity index (χ3n) is 2.09. The van der Waals surface area contributed by atoms with E-state index in [4.69, 9.17) is 0 Å². The molecule has 2 N–H and O–H groups in total. The number of nitrogens with zero attached hydrogens (tertiary/aromatic N) is 2. The SMILES string of the molecule is FC(F)(F)c1cccnc1NCc1ncc[nH]1. The van der Waals surface area contributed by atoms with Crippen LogP contribution in [0.15, 0.2) is 30.7 Å². The monoisotopic (exact) mass is 242 g/mol. The second kappa shape index (κ2) is 4.44. The maximum atomic E-state index is 12.6. The summed E-state index contributed by atoms with van der Waals surface area (Å²) in [7, 11) is 0. The molecule has 2 aromatic heterocycles. The fraction of sp³-hybridized carbons (Fsp3) is 0.200. The maximum absolute atomic E-state index is 12.6. The highest BCUT2D eigenvalue weighted by atomic mass is 19.4. The number of hydrogen-bond donors (Lipinski definition) is 2. The summed E-state index contributed by atoms with van der Waals surface area (Å²) in [6, 6.07) is 2.23. The molecule has 0 bridgehead atoms. The van der Waals surface area contributed by atoms with Crippen molar-refractivity contribution in [2.75, 3.05) is 5.32 Å². The molecule has 0 aromatic carbocycles. The van der Waals surface area contributed by atoms with Crippen molar-refractivity contribution in [3.8, 4) is 0 Å². The Morgan fingerprint density at radius 3 is 2.71 bits per heavy atom. The zero-order valence-electron chi connectivity index (χ0n) is 8.62. The molecule has 0 atom stereocenters. The van der Waals surface area contributed by atoms with Crippen LogP contribution in [0.5, 0.6) is 0 Å². The summed E-state index contributed by atoms with van der Waals surface area (Å²) >= 11 is 0. The lowest BCUT2D eigenvalue weighted by Gasteiger charge is -2.12. The highest BCUT2D eigenvalue weighted by Crippen LogP contribution is 2.33. The van der Waals surface area contributed by atoms with Crippen molar-refractivity contribution < 1.29 is 13.2 Å². The van der Waals surface area contributed by atoms with Crippen LogP contribution >= 0.6 is 0 Å². The molecule has 0 saturated carbocycles. The van der Waals surface area contributed by atoms with Crippen LogP contribution in [0, 0.1) is 0 Å². The molecule has 0 radical (unpaired) electrons. The molecule has 2 aromatic rings. The van der Waals surface area contributed by atoms with E-state index in [0.717, 1.165) is 6.07 Å². The number of nitrogens with one attached hydrogen (secondary N) is 2. The molecule has 0 aliphatic rings. The van der Waals surface area contributed by atoms with Gasteiger partial charge >= 0.3 is 6.18 Å². The normalized spacial score (nSPS) is 11.5. The summed E-state index contributed by atoms with van der Waals surface area (Å²) < 4.78 is 37.8. The van der Waals surface area contributed by atoms with Crippen LogP contribution in [0.2, 0.25) is 0 Å². The number of anilines is 1. The Kier molecular flexibility index (Phi) is 2.99. The lowest BCUT2D eigenvalue weighted by atomic mass is 10.2. The van der Waals surface area contributed by atoms with Gasteiger partial charge in [0, 0.05) is 18.6 Å². The summed E-state index contributed by atoms with van der Waals surface area (Å²) in [4.78, 5) is 10.4. The molecule has 0 aliphatic carbocycles. The van der Waals surface area contributed by atoms with Crippen LogP contribution in [0.25, 0.3) is 0 Å². The van der Waals surface area contributed by atoms with E-state index in [1.54, 1.807) is 6.20 Å². The van der Waals surface area contributed by atoms with Crippen molar-refractivity contribution in [2.24, 2.45) is 0 Å². The third-order valence-corrected chi connectivity index (χ3v) is 2.09. The first-order valence-corrected chi connectivity index (χ1v) is 4.82. The van der Waals surface area contributed by atoms with Gasteiger partial charge in [-0.15, -0.1) is 0 Å². The second-order valence-electron chi connectivity index (χ2n) is 3.29. The number of H-pyrrole nitrogens is 1. The van der Waals surface area contributed by atoms with Crippen LogP contribution in [0.3, 0.4) is 0 Å². The van der Waals surface area contributed by atoms with E-state index in [9.17, 15) is 13.2 Å². The Morgan fingerprint density at radius 1 is 1.24 bits per heavy atom. The lowest BCUT2D eigenvalue weighted by Crippen LogP contribution is -2.12. The van der Waals surface area contributed by atoms with E-state index in [-0.39, 0.29) is 12.4 Å².